The number of nitrogens with zero attached hydrogens (tertiary/aromatic N) is 1. The molecule has 0 saturated heterocycles. The third-order valence-corrected chi connectivity index (χ3v) is 2.32. The van der Waals surface area contributed by atoms with E-state index in [0.717, 1.165) is 12.1 Å². The van der Waals surface area contributed by atoms with Crippen molar-refractivity contribution in [3.8, 4) is 0 Å². The van der Waals surface area contributed by atoms with Gasteiger partial charge >= 0.3 is 6.18 Å². The van der Waals surface area contributed by atoms with Crippen molar-refractivity contribution < 1.29 is 17.7 Å². The molecule has 0 saturated carbocycles. The first kappa shape index (κ1) is 11.5. The van der Waals surface area contributed by atoms with Crippen LogP contribution in [0.1, 0.15) is 16.9 Å². The number of nitrogen functional groups attached to an aromatic ring is 1. The average molecular weight is 242 g/mol. The summed E-state index contributed by atoms with van der Waals surface area (Å²) in [5.41, 5.74) is 5.95. The lowest BCUT2D eigenvalue weighted by molar-refractivity contribution is -0.137. The molecular formula is C11H9F3N2O. The Labute approximate surface area is 95.0 Å². The number of nitrogens with two attached hydrogens (primary N) is 1. The maximum atomic E-state index is 12.3. The molecule has 6 heteroatoms. The molecule has 3 nitrogen and oxygen atoms in total. The molecule has 0 amide bonds. The van der Waals surface area contributed by atoms with Crippen LogP contribution in [0.4, 0.5) is 18.9 Å². The summed E-state index contributed by atoms with van der Waals surface area (Å²) in [6.07, 6.45) is -2.63. The minimum absolute atomic E-state index is 0.323. The molecule has 0 aliphatic carbocycles. The Morgan fingerprint density at radius 2 is 1.82 bits per heavy atom. The van der Waals surface area contributed by atoms with Gasteiger partial charge in [-0.3, -0.25) is 0 Å². The summed E-state index contributed by atoms with van der Waals surface area (Å²) < 4.78 is 41.8. The fraction of sp³-hybridized carbons (Fsp3) is 0.182. The largest absolute Gasteiger partial charge is 0.416 e. The quantitative estimate of drug-likeness (QED) is 0.880. The molecule has 2 aromatic rings. The lowest BCUT2D eigenvalue weighted by atomic mass is 10.1. The van der Waals surface area contributed by atoms with Crippen molar-refractivity contribution in [3.05, 3.63) is 47.3 Å². The van der Waals surface area contributed by atoms with Crippen molar-refractivity contribution in [1.82, 2.24) is 5.16 Å². The second kappa shape index (κ2) is 4.12. The molecule has 0 fully saturated rings. The minimum Gasteiger partial charge on any atom is -0.395 e. The summed E-state index contributed by atoms with van der Waals surface area (Å²) >= 11 is 0. The first-order valence-corrected chi connectivity index (χ1v) is 4.82. The van der Waals surface area contributed by atoms with E-state index >= 15 is 0 Å². The molecule has 90 valence electrons. The zero-order valence-corrected chi connectivity index (χ0v) is 8.66. The van der Waals surface area contributed by atoms with Gasteiger partial charge in [-0.15, -0.1) is 0 Å². The van der Waals surface area contributed by atoms with Gasteiger partial charge in [-0.1, -0.05) is 17.3 Å². The summed E-state index contributed by atoms with van der Waals surface area (Å²) in [6, 6.07) is 4.85. The van der Waals surface area contributed by atoms with Gasteiger partial charge < -0.3 is 10.3 Å². The van der Waals surface area contributed by atoms with Crippen molar-refractivity contribution in [3.63, 3.8) is 0 Å². The molecule has 0 radical (unpaired) electrons. The topological polar surface area (TPSA) is 52.0 Å². The van der Waals surface area contributed by atoms with Crippen molar-refractivity contribution in [2.75, 3.05) is 5.73 Å². The standard InChI is InChI=1S/C11H9F3N2O/c12-11(13,14)8-3-1-7(2-4-8)5-10-9(15)6-16-17-10/h1-4,6H,5,15H2. The zero-order chi connectivity index (χ0) is 12.5. The molecular weight excluding hydrogens is 233 g/mol. The molecule has 0 bridgehead atoms. The van der Waals surface area contributed by atoms with Crippen LogP contribution >= 0.6 is 0 Å². The maximum absolute atomic E-state index is 12.3. The monoisotopic (exact) mass is 242 g/mol. The van der Waals surface area contributed by atoms with Crippen LogP contribution in [0.25, 0.3) is 0 Å². The third kappa shape index (κ3) is 2.58. The van der Waals surface area contributed by atoms with E-state index in [-0.39, 0.29) is 0 Å². The molecule has 2 rings (SSSR count). The first-order valence-electron chi connectivity index (χ1n) is 4.82. The number of rotatable bonds is 2. The SMILES string of the molecule is Nc1cnoc1Cc1ccc(C(F)(F)F)cc1. The van der Waals surface area contributed by atoms with Gasteiger partial charge in [0.15, 0.2) is 5.76 Å². The smallest absolute Gasteiger partial charge is 0.395 e. The summed E-state index contributed by atoms with van der Waals surface area (Å²) in [5, 5.41) is 3.49. The summed E-state index contributed by atoms with van der Waals surface area (Å²) in [4.78, 5) is 0. The van der Waals surface area contributed by atoms with E-state index < -0.39 is 11.7 Å². The van der Waals surface area contributed by atoms with Gasteiger partial charge in [0.25, 0.3) is 0 Å². The van der Waals surface area contributed by atoms with E-state index in [1.165, 1.54) is 18.3 Å². The molecule has 0 aliphatic rings. The molecule has 0 unspecified atom stereocenters. The Balaban J connectivity index is 2.17. The van der Waals surface area contributed by atoms with Gasteiger partial charge in [-0.2, -0.15) is 13.2 Å². The summed E-state index contributed by atoms with van der Waals surface area (Å²) in [5.74, 6) is 0.449. The zero-order valence-electron chi connectivity index (χ0n) is 8.66. The highest BCUT2D eigenvalue weighted by atomic mass is 19.4. The molecule has 1 aromatic heterocycles. The van der Waals surface area contributed by atoms with Crippen LogP contribution in [0.3, 0.4) is 0 Å². The van der Waals surface area contributed by atoms with E-state index in [1.807, 2.05) is 0 Å². The van der Waals surface area contributed by atoms with Crippen LogP contribution in [0.2, 0.25) is 0 Å². The van der Waals surface area contributed by atoms with Crippen molar-refractivity contribution in [2.45, 2.75) is 12.6 Å². The number of hydrogen-bond donors (Lipinski definition) is 1. The van der Waals surface area contributed by atoms with Crippen LogP contribution in [-0.4, -0.2) is 5.16 Å². The predicted molar refractivity (Wildman–Crippen MR) is 55.2 cm³/mol. The maximum Gasteiger partial charge on any atom is 0.416 e. The van der Waals surface area contributed by atoms with E-state index in [0.29, 0.717) is 23.4 Å². The number of benzene rings is 1. The lowest BCUT2D eigenvalue weighted by Gasteiger charge is -2.06. The second-order valence-corrected chi connectivity index (χ2v) is 3.58. The van der Waals surface area contributed by atoms with Crippen molar-refractivity contribution in [1.29, 1.82) is 0 Å². The molecule has 0 spiro atoms. The highest BCUT2D eigenvalue weighted by Crippen LogP contribution is 2.29. The van der Waals surface area contributed by atoms with E-state index in [1.54, 1.807) is 0 Å². The second-order valence-electron chi connectivity index (χ2n) is 3.58. The van der Waals surface area contributed by atoms with E-state index in [9.17, 15) is 13.2 Å². The van der Waals surface area contributed by atoms with Gasteiger partial charge in [0.1, 0.15) is 0 Å². The Kier molecular flexibility index (Phi) is 2.79. The highest BCUT2D eigenvalue weighted by Gasteiger charge is 2.29. The van der Waals surface area contributed by atoms with Crippen molar-refractivity contribution >= 4 is 5.69 Å². The van der Waals surface area contributed by atoms with Gasteiger partial charge in [0.2, 0.25) is 0 Å². The van der Waals surface area contributed by atoms with E-state index in [4.69, 9.17) is 10.3 Å². The molecule has 1 aromatic carbocycles. The molecule has 17 heavy (non-hydrogen) atoms. The Morgan fingerprint density at radius 3 is 2.29 bits per heavy atom. The number of alkyl halides is 3. The van der Waals surface area contributed by atoms with Gasteiger partial charge in [0.05, 0.1) is 17.4 Å². The number of anilines is 1. The van der Waals surface area contributed by atoms with Gasteiger partial charge in [-0.05, 0) is 17.7 Å². The van der Waals surface area contributed by atoms with Crippen LogP contribution in [0, 0.1) is 0 Å². The molecule has 1 heterocycles. The lowest BCUT2D eigenvalue weighted by Crippen LogP contribution is -2.04. The predicted octanol–water partition coefficient (Wildman–Crippen LogP) is 2.87. The van der Waals surface area contributed by atoms with Crippen LogP contribution in [0.5, 0.6) is 0 Å². The number of hydrogen-bond acceptors (Lipinski definition) is 3. The third-order valence-electron chi connectivity index (χ3n) is 2.32. The Bertz CT molecular complexity index is 502. The molecule has 2 N–H and O–H groups in total. The summed E-state index contributed by atoms with van der Waals surface area (Å²) in [7, 11) is 0. The minimum atomic E-state index is -4.32. The average Bonchev–Trinajstić information content (AvgIpc) is 2.64. The Hall–Kier alpha value is -1.98. The molecule has 0 atom stereocenters. The van der Waals surface area contributed by atoms with E-state index in [2.05, 4.69) is 5.16 Å². The van der Waals surface area contributed by atoms with Crippen LogP contribution < -0.4 is 5.73 Å². The number of halogens is 3. The van der Waals surface area contributed by atoms with Gasteiger partial charge in [-0.25, -0.2) is 0 Å². The fourth-order valence-corrected chi connectivity index (χ4v) is 1.40. The number of aromatic nitrogens is 1. The summed E-state index contributed by atoms with van der Waals surface area (Å²) in [6.45, 7) is 0. The van der Waals surface area contributed by atoms with Gasteiger partial charge in [0, 0.05) is 6.42 Å². The van der Waals surface area contributed by atoms with Crippen LogP contribution in [0.15, 0.2) is 35.0 Å². The molecule has 0 aliphatic heterocycles. The Morgan fingerprint density at radius 1 is 1.18 bits per heavy atom. The fourth-order valence-electron chi connectivity index (χ4n) is 1.40. The van der Waals surface area contributed by atoms with Crippen LogP contribution in [-0.2, 0) is 12.6 Å². The van der Waals surface area contributed by atoms with Crippen molar-refractivity contribution in [2.24, 2.45) is 0 Å². The highest BCUT2D eigenvalue weighted by molar-refractivity contribution is 5.41. The normalized spacial score (nSPS) is 11.7. The first-order chi connectivity index (χ1) is 7.97.